The maximum Gasteiger partial charge on any atom is -0.0250 e. The zero-order chi connectivity index (χ0) is 13.8. The van der Waals surface area contributed by atoms with E-state index >= 15 is 0 Å². The molecule has 2 rings (SSSR count). The average molecular weight is 248 g/mol. The Morgan fingerprint density at radius 1 is 0.833 bits per heavy atom. The van der Waals surface area contributed by atoms with Gasteiger partial charge in [0, 0.05) is 0 Å². The molecule has 0 radical (unpaired) electrons. The SMILES string of the molecule is CC.CC.CC1CCC(Cc2ccccc2)CC1. The summed E-state index contributed by atoms with van der Waals surface area (Å²) in [6.07, 6.45) is 7.06. The lowest BCUT2D eigenvalue weighted by molar-refractivity contribution is 0.289. The Bertz CT molecular complexity index is 255. The van der Waals surface area contributed by atoms with Crippen molar-refractivity contribution in [2.45, 2.75) is 66.7 Å². The lowest BCUT2D eigenvalue weighted by Crippen LogP contribution is -2.14. The fourth-order valence-corrected chi connectivity index (χ4v) is 2.48. The third-order valence-corrected chi connectivity index (χ3v) is 3.50. The first-order chi connectivity index (χ1) is 8.84. The maximum atomic E-state index is 2.39. The van der Waals surface area contributed by atoms with Gasteiger partial charge >= 0.3 is 0 Å². The molecule has 0 atom stereocenters. The van der Waals surface area contributed by atoms with Crippen LogP contribution in [0.1, 0.15) is 65.9 Å². The third-order valence-electron chi connectivity index (χ3n) is 3.50. The Hall–Kier alpha value is -0.780. The van der Waals surface area contributed by atoms with E-state index in [0.29, 0.717) is 0 Å². The van der Waals surface area contributed by atoms with E-state index in [0.717, 1.165) is 11.8 Å². The quantitative estimate of drug-likeness (QED) is 0.592. The second-order valence-electron chi connectivity index (χ2n) is 4.82. The van der Waals surface area contributed by atoms with Crippen LogP contribution in [0, 0.1) is 11.8 Å². The van der Waals surface area contributed by atoms with Crippen LogP contribution in [-0.4, -0.2) is 0 Å². The predicted octanol–water partition coefficient (Wildman–Crippen LogP) is 6.11. The average Bonchev–Trinajstić information content (AvgIpc) is 2.47. The molecule has 0 nitrogen and oxygen atoms in total. The van der Waals surface area contributed by atoms with Crippen molar-refractivity contribution in [1.29, 1.82) is 0 Å². The van der Waals surface area contributed by atoms with E-state index in [1.807, 2.05) is 27.7 Å². The Morgan fingerprint density at radius 3 is 1.83 bits per heavy atom. The van der Waals surface area contributed by atoms with Crippen molar-refractivity contribution < 1.29 is 0 Å². The highest BCUT2D eigenvalue weighted by Crippen LogP contribution is 2.30. The van der Waals surface area contributed by atoms with Crippen LogP contribution in [-0.2, 0) is 6.42 Å². The molecule has 0 heteroatoms. The summed E-state index contributed by atoms with van der Waals surface area (Å²) in [7, 11) is 0. The van der Waals surface area contributed by atoms with Crippen LogP contribution < -0.4 is 0 Å². The molecule has 0 saturated heterocycles. The van der Waals surface area contributed by atoms with Crippen LogP contribution in [0.4, 0.5) is 0 Å². The van der Waals surface area contributed by atoms with Crippen LogP contribution in [0.15, 0.2) is 30.3 Å². The van der Waals surface area contributed by atoms with E-state index in [-0.39, 0.29) is 0 Å². The summed E-state index contributed by atoms with van der Waals surface area (Å²) >= 11 is 0. The predicted molar refractivity (Wildman–Crippen MR) is 84.0 cm³/mol. The Balaban J connectivity index is 0.000000659. The minimum absolute atomic E-state index is 0.952. The summed E-state index contributed by atoms with van der Waals surface area (Å²) in [5.74, 6) is 1.93. The summed E-state index contributed by atoms with van der Waals surface area (Å²) in [6.45, 7) is 10.4. The van der Waals surface area contributed by atoms with E-state index in [1.165, 1.54) is 37.7 Å². The minimum Gasteiger partial charge on any atom is -0.0683 e. The summed E-state index contributed by atoms with van der Waals surface area (Å²) in [5, 5.41) is 0. The zero-order valence-corrected chi connectivity index (χ0v) is 13.1. The fourth-order valence-electron chi connectivity index (χ4n) is 2.48. The van der Waals surface area contributed by atoms with Gasteiger partial charge in [0.15, 0.2) is 0 Å². The summed E-state index contributed by atoms with van der Waals surface area (Å²) in [6, 6.07) is 10.9. The molecule has 0 aromatic heterocycles. The van der Waals surface area contributed by atoms with Crippen molar-refractivity contribution >= 4 is 0 Å². The van der Waals surface area contributed by atoms with Crippen molar-refractivity contribution in [3.05, 3.63) is 35.9 Å². The molecule has 1 aliphatic rings. The van der Waals surface area contributed by atoms with Gasteiger partial charge in [-0.1, -0.05) is 77.8 Å². The van der Waals surface area contributed by atoms with Gasteiger partial charge in [-0.25, -0.2) is 0 Å². The third kappa shape index (κ3) is 6.83. The van der Waals surface area contributed by atoms with Gasteiger partial charge in [0.25, 0.3) is 0 Å². The maximum absolute atomic E-state index is 2.39. The zero-order valence-electron chi connectivity index (χ0n) is 13.1. The molecule has 0 aliphatic heterocycles. The van der Waals surface area contributed by atoms with Crippen molar-refractivity contribution in [2.75, 3.05) is 0 Å². The van der Waals surface area contributed by atoms with Crippen molar-refractivity contribution in [1.82, 2.24) is 0 Å². The topological polar surface area (TPSA) is 0 Å². The number of hydrogen-bond acceptors (Lipinski definition) is 0. The molecule has 104 valence electrons. The Kier molecular flexibility index (Phi) is 10.8. The summed E-state index contributed by atoms with van der Waals surface area (Å²) in [5.41, 5.74) is 1.52. The van der Waals surface area contributed by atoms with Crippen molar-refractivity contribution in [3.63, 3.8) is 0 Å². The number of hydrogen-bond donors (Lipinski definition) is 0. The molecule has 1 saturated carbocycles. The molecule has 0 amide bonds. The first kappa shape index (κ1) is 17.2. The second-order valence-corrected chi connectivity index (χ2v) is 4.82. The fraction of sp³-hybridized carbons (Fsp3) is 0.667. The van der Waals surface area contributed by atoms with Crippen LogP contribution >= 0.6 is 0 Å². The monoisotopic (exact) mass is 248 g/mol. The molecular weight excluding hydrogens is 216 g/mol. The standard InChI is InChI=1S/C14H20.2C2H6/c1-12-7-9-14(10-8-12)11-13-5-3-2-4-6-13;2*1-2/h2-6,12,14H,7-11H2,1H3;2*1-2H3. The van der Waals surface area contributed by atoms with E-state index in [4.69, 9.17) is 0 Å². The molecule has 0 unspecified atom stereocenters. The molecule has 1 fully saturated rings. The molecule has 1 aromatic rings. The molecule has 0 heterocycles. The molecule has 0 N–H and O–H groups in total. The molecule has 18 heavy (non-hydrogen) atoms. The molecule has 0 spiro atoms. The van der Waals surface area contributed by atoms with Gasteiger partial charge in [-0.15, -0.1) is 0 Å². The first-order valence-electron chi connectivity index (χ1n) is 7.88. The van der Waals surface area contributed by atoms with Gasteiger partial charge < -0.3 is 0 Å². The first-order valence-corrected chi connectivity index (χ1v) is 7.88. The summed E-state index contributed by atoms with van der Waals surface area (Å²) in [4.78, 5) is 0. The molecule has 1 aromatic carbocycles. The van der Waals surface area contributed by atoms with Crippen LogP contribution in [0.2, 0.25) is 0 Å². The highest BCUT2D eigenvalue weighted by molar-refractivity contribution is 5.15. The Morgan fingerprint density at radius 2 is 1.33 bits per heavy atom. The minimum atomic E-state index is 0.952. The highest BCUT2D eigenvalue weighted by atomic mass is 14.2. The van der Waals surface area contributed by atoms with E-state index in [9.17, 15) is 0 Å². The van der Waals surface area contributed by atoms with Crippen LogP contribution in [0.3, 0.4) is 0 Å². The Labute approximate surface area is 115 Å². The van der Waals surface area contributed by atoms with Crippen LogP contribution in [0.5, 0.6) is 0 Å². The van der Waals surface area contributed by atoms with Gasteiger partial charge in [0.1, 0.15) is 0 Å². The van der Waals surface area contributed by atoms with Crippen LogP contribution in [0.25, 0.3) is 0 Å². The molecule has 1 aliphatic carbocycles. The molecular formula is C18H32. The van der Waals surface area contributed by atoms with Gasteiger partial charge in [0.05, 0.1) is 0 Å². The smallest absolute Gasteiger partial charge is 0.0250 e. The van der Waals surface area contributed by atoms with E-state index in [2.05, 4.69) is 37.3 Å². The largest absolute Gasteiger partial charge is 0.0683 e. The normalized spacial score (nSPS) is 22.1. The number of rotatable bonds is 2. The van der Waals surface area contributed by atoms with Gasteiger partial charge in [0.2, 0.25) is 0 Å². The van der Waals surface area contributed by atoms with Crippen molar-refractivity contribution in [3.8, 4) is 0 Å². The van der Waals surface area contributed by atoms with E-state index < -0.39 is 0 Å². The van der Waals surface area contributed by atoms with Gasteiger partial charge in [-0.2, -0.15) is 0 Å². The number of benzene rings is 1. The lowest BCUT2D eigenvalue weighted by Gasteiger charge is -2.26. The van der Waals surface area contributed by atoms with Gasteiger partial charge in [-0.05, 0) is 36.7 Å². The van der Waals surface area contributed by atoms with E-state index in [1.54, 1.807) is 0 Å². The highest BCUT2D eigenvalue weighted by Gasteiger charge is 2.17. The second kappa shape index (κ2) is 11.3. The summed E-state index contributed by atoms with van der Waals surface area (Å²) < 4.78 is 0. The lowest BCUT2D eigenvalue weighted by atomic mass is 9.80. The van der Waals surface area contributed by atoms with Crippen molar-refractivity contribution in [2.24, 2.45) is 11.8 Å². The molecule has 0 bridgehead atoms. The van der Waals surface area contributed by atoms with Gasteiger partial charge in [-0.3, -0.25) is 0 Å².